The van der Waals surface area contributed by atoms with Crippen molar-refractivity contribution >= 4 is 11.6 Å². The van der Waals surface area contributed by atoms with Crippen molar-refractivity contribution in [1.29, 1.82) is 0 Å². The molecule has 7 heteroatoms. The van der Waals surface area contributed by atoms with Crippen molar-refractivity contribution in [2.75, 3.05) is 6.54 Å². The maximum absolute atomic E-state index is 12.2. The van der Waals surface area contributed by atoms with Crippen LogP contribution in [0.15, 0.2) is 30.6 Å². The molecule has 0 atom stereocenters. The number of nitrogens with one attached hydrogen (secondary N) is 1. The zero-order valence-corrected chi connectivity index (χ0v) is 19.1. The van der Waals surface area contributed by atoms with E-state index in [9.17, 15) is 4.79 Å². The molecule has 1 amide bonds. The average Bonchev–Trinajstić information content (AvgIpc) is 3.37. The lowest BCUT2D eigenvalue weighted by Gasteiger charge is -2.29. The summed E-state index contributed by atoms with van der Waals surface area (Å²) in [7, 11) is 0. The molecule has 1 aliphatic carbocycles. The summed E-state index contributed by atoms with van der Waals surface area (Å²) in [5.41, 5.74) is 4.37. The molecule has 3 aromatic rings. The van der Waals surface area contributed by atoms with Gasteiger partial charge in [0.15, 0.2) is 5.65 Å². The molecule has 0 spiro atoms. The SMILES string of the molecule is Cc1ccnn1CCC(=O)NCC1CCC(c2ccnc3cc(C(C)(C)C)nn23)CC1. The van der Waals surface area contributed by atoms with Crippen LogP contribution in [0.4, 0.5) is 0 Å². The van der Waals surface area contributed by atoms with E-state index < -0.39 is 0 Å². The van der Waals surface area contributed by atoms with Crippen LogP contribution in [-0.2, 0) is 16.8 Å². The van der Waals surface area contributed by atoms with Crippen LogP contribution in [0, 0.1) is 12.8 Å². The summed E-state index contributed by atoms with van der Waals surface area (Å²) < 4.78 is 3.92. The first-order valence-electron chi connectivity index (χ1n) is 11.4. The number of hydrogen-bond acceptors (Lipinski definition) is 4. The van der Waals surface area contributed by atoms with E-state index in [1.807, 2.05) is 28.4 Å². The normalized spacial score (nSPS) is 19.6. The summed E-state index contributed by atoms with van der Waals surface area (Å²) in [6, 6.07) is 6.19. The van der Waals surface area contributed by atoms with Gasteiger partial charge in [0, 0.05) is 60.7 Å². The second kappa shape index (κ2) is 8.81. The zero-order valence-electron chi connectivity index (χ0n) is 19.1. The van der Waals surface area contributed by atoms with Gasteiger partial charge in [-0.25, -0.2) is 9.50 Å². The van der Waals surface area contributed by atoms with Crippen LogP contribution in [0.2, 0.25) is 0 Å². The van der Waals surface area contributed by atoms with Gasteiger partial charge in [0.05, 0.1) is 5.69 Å². The number of carbonyl (C=O) groups excluding carboxylic acids is 1. The van der Waals surface area contributed by atoms with E-state index in [4.69, 9.17) is 5.10 Å². The lowest BCUT2D eigenvalue weighted by atomic mass is 9.80. The van der Waals surface area contributed by atoms with E-state index in [2.05, 4.69) is 48.3 Å². The van der Waals surface area contributed by atoms with Gasteiger partial charge < -0.3 is 5.32 Å². The first-order chi connectivity index (χ1) is 14.8. The molecular weight excluding hydrogens is 388 g/mol. The summed E-state index contributed by atoms with van der Waals surface area (Å²) in [6.45, 7) is 9.97. The molecule has 1 aliphatic rings. The fraction of sp³-hybridized carbons (Fsp3) is 0.583. The molecule has 0 bridgehead atoms. The molecule has 1 N–H and O–H groups in total. The summed E-state index contributed by atoms with van der Waals surface area (Å²) in [6.07, 6.45) is 8.65. The third kappa shape index (κ3) is 4.97. The minimum absolute atomic E-state index is 0.0109. The summed E-state index contributed by atoms with van der Waals surface area (Å²) in [5.74, 6) is 1.15. The fourth-order valence-electron chi connectivity index (χ4n) is 4.44. The Hall–Kier alpha value is -2.70. The minimum Gasteiger partial charge on any atom is -0.356 e. The molecule has 3 aromatic heterocycles. The third-order valence-corrected chi connectivity index (χ3v) is 6.49. The van der Waals surface area contributed by atoms with Gasteiger partial charge >= 0.3 is 0 Å². The van der Waals surface area contributed by atoms with Gasteiger partial charge in [-0.1, -0.05) is 20.8 Å². The fourth-order valence-corrected chi connectivity index (χ4v) is 4.44. The van der Waals surface area contributed by atoms with Gasteiger partial charge in [-0.15, -0.1) is 0 Å². The zero-order chi connectivity index (χ0) is 22.0. The molecular formula is C24H34N6O. The average molecular weight is 423 g/mol. The lowest BCUT2D eigenvalue weighted by molar-refractivity contribution is -0.121. The van der Waals surface area contributed by atoms with Gasteiger partial charge in [0.2, 0.25) is 5.91 Å². The Bertz CT molecular complexity index is 1040. The van der Waals surface area contributed by atoms with Crippen molar-refractivity contribution in [3.05, 3.63) is 47.7 Å². The van der Waals surface area contributed by atoms with Crippen molar-refractivity contribution < 1.29 is 4.79 Å². The second-order valence-corrected chi connectivity index (χ2v) is 9.89. The second-order valence-electron chi connectivity index (χ2n) is 9.89. The molecule has 0 unspecified atom stereocenters. The monoisotopic (exact) mass is 422 g/mol. The molecule has 1 saturated carbocycles. The molecule has 1 fully saturated rings. The third-order valence-electron chi connectivity index (χ3n) is 6.49. The highest BCUT2D eigenvalue weighted by Crippen LogP contribution is 2.36. The van der Waals surface area contributed by atoms with Crippen LogP contribution in [0.1, 0.15) is 75.9 Å². The number of hydrogen-bond donors (Lipinski definition) is 1. The molecule has 4 rings (SSSR count). The predicted octanol–water partition coefficient (Wildman–Crippen LogP) is 4.01. The van der Waals surface area contributed by atoms with Gasteiger partial charge in [-0.2, -0.15) is 10.2 Å². The summed E-state index contributed by atoms with van der Waals surface area (Å²) >= 11 is 0. The Labute approximate surface area is 184 Å². The van der Waals surface area contributed by atoms with Crippen molar-refractivity contribution in [1.82, 2.24) is 29.7 Å². The molecule has 0 aromatic carbocycles. The Morgan fingerprint density at radius 1 is 1.16 bits per heavy atom. The summed E-state index contributed by atoms with van der Waals surface area (Å²) in [5, 5.41) is 12.2. The van der Waals surface area contributed by atoms with E-state index in [0.717, 1.165) is 49.3 Å². The number of carbonyl (C=O) groups is 1. The number of fused-ring (bicyclic) bond motifs is 1. The quantitative estimate of drug-likeness (QED) is 0.651. The first kappa shape index (κ1) is 21.5. The molecule has 0 aliphatic heterocycles. The van der Waals surface area contributed by atoms with Crippen molar-refractivity contribution in [3.63, 3.8) is 0 Å². The Balaban J connectivity index is 1.29. The van der Waals surface area contributed by atoms with Crippen molar-refractivity contribution in [2.24, 2.45) is 5.92 Å². The first-order valence-corrected chi connectivity index (χ1v) is 11.4. The predicted molar refractivity (Wildman–Crippen MR) is 121 cm³/mol. The van der Waals surface area contributed by atoms with Crippen LogP contribution in [0.25, 0.3) is 5.65 Å². The molecule has 31 heavy (non-hydrogen) atoms. The molecule has 7 nitrogen and oxygen atoms in total. The highest BCUT2D eigenvalue weighted by molar-refractivity contribution is 5.75. The molecule has 166 valence electrons. The largest absolute Gasteiger partial charge is 0.356 e. The van der Waals surface area contributed by atoms with Crippen molar-refractivity contribution in [3.8, 4) is 0 Å². The Kier molecular flexibility index (Phi) is 6.12. The lowest BCUT2D eigenvalue weighted by Crippen LogP contribution is -2.31. The molecule has 0 saturated heterocycles. The van der Waals surface area contributed by atoms with Crippen LogP contribution in [-0.4, -0.2) is 36.8 Å². The Morgan fingerprint density at radius 3 is 2.61 bits per heavy atom. The van der Waals surface area contributed by atoms with E-state index >= 15 is 0 Å². The highest BCUT2D eigenvalue weighted by atomic mass is 16.1. The number of aryl methyl sites for hydroxylation is 2. The molecule has 3 heterocycles. The van der Waals surface area contributed by atoms with Gasteiger partial charge in [-0.3, -0.25) is 9.48 Å². The highest BCUT2D eigenvalue weighted by Gasteiger charge is 2.26. The number of nitrogens with zero attached hydrogens (tertiary/aromatic N) is 5. The molecule has 0 radical (unpaired) electrons. The van der Waals surface area contributed by atoms with Gasteiger partial charge in [0.25, 0.3) is 0 Å². The van der Waals surface area contributed by atoms with Crippen LogP contribution in [0.5, 0.6) is 0 Å². The van der Waals surface area contributed by atoms with E-state index in [0.29, 0.717) is 24.8 Å². The topological polar surface area (TPSA) is 77.1 Å². The number of amides is 1. The maximum Gasteiger partial charge on any atom is 0.221 e. The number of rotatable bonds is 6. The van der Waals surface area contributed by atoms with E-state index in [1.54, 1.807) is 6.20 Å². The van der Waals surface area contributed by atoms with Crippen LogP contribution in [0.3, 0.4) is 0 Å². The standard InChI is InChI=1S/C24H34N6O/c1-17-9-13-27-29(17)14-11-23(31)26-16-18-5-7-19(8-6-18)20-10-12-25-22-15-21(24(2,3)4)28-30(20)22/h9-10,12-13,15,18-19H,5-8,11,14,16H2,1-4H3,(H,26,31). The van der Waals surface area contributed by atoms with Crippen LogP contribution < -0.4 is 5.32 Å². The maximum atomic E-state index is 12.2. The minimum atomic E-state index is 0.0109. The van der Waals surface area contributed by atoms with Gasteiger partial charge in [-0.05, 0) is 50.7 Å². The summed E-state index contributed by atoms with van der Waals surface area (Å²) in [4.78, 5) is 16.8. The Morgan fingerprint density at radius 2 is 1.94 bits per heavy atom. The number of aromatic nitrogens is 5. The smallest absolute Gasteiger partial charge is 0.221 e. The van der Waals surface area contributed by atoms with Crippen molar-refractivity contribution in [2.45, 2.75) is 77.7 Å². The van der Waals surface area contributed by atoms with E-state index in [1.165, 1.54) is 5.69 Å². The van der Waals surface area contributed by atoms with Crippen LogP contribution >= 0.6 is 0 Å². The van der Waals surface area contributed by atoms with Gasteiger partial charge in [0.1, 0.15) is 0 Å². The van der Waals surface area contributed by atoms with E-state index in [-0.39, 0.29) is 11.3 Å².